The number of rotatable bonds is 42. The number of ether oxygens (including phenoxy) is 2. The maximum absolute atomic E-state index is 12.7. The molecule has 0 radical (unpaired) electrons. The van der Waals surface area contributed by atoms with Gasteiger partial charge in [0.05, 0.1) is 90.4 Å². The Bertz CT molecular complexity index is 3490. The van der Waals surface area contributed by atoms with Crippen molar-refractivity contribution in [3.63, 3.8) is 0 Å². The van der Waals surface area contributed by atoms with Crippen LogP contribution in [0, 0.1) is 36.0 Å². The quantitative estimate of drug-likeness (QED) is 0.0112. The number of β-amino-alcohol motifs (C(OH)–C–C–N with tert-alkyl or cyclic N) is 2. The summed E-state index contributed by atoms with van der Waals surface area (Å²) >= 11 is 0. The number of hydrogen-bond donors (Lipinski definition) is 12. The van der Waals surface area contributed by atoms with Crippen molar-refractivity contribution in [3.8, 4) is 36.0 Å². The molecule has 2 fully saturated rings. The van der Waals surface area contributed by atoms with Crippen LogP contribution in [0.1, 0.15) is 205 Å². The summed E-state index contributed by atoms with van der Waals surface area (Å²) < 4.78 is 54.5. The maximum Gasteiger partial charge on any atom is 0.472 e. The van der Waals surface area contributed by atoms with E-state index in [-0.39, 0.29) is 115 Å². The number of likely N-dealkylation sites (tertiary alicyclic amines) is 2. The Kier molecular flexibility index (Phi) is 48.0. The number of amides is 4. The number of unbranched alkanes of at least 4 members (excludes halogenated alkanes) is 10. The second-order valence-corrected chi connectivity index (χ2v) is 29.5. The van der Waals surface area contributed by atoms with Gasteiger partial charge in [-0.1, -0.05) is 135 Å². The molecule has 4 aliphatic rings. The molecule has 0 bridgehead atoms. The normalized spacial score (nSPS) is 17.9. The molecule has 12 N–H and O–H groups in total. The summed E-state index contributed by atoms with van der Waals surface area (Å²) in [4.78, 5) is 97.9. The number of nitrogens with zero attached hydrogens (tertiary/aromatic N) is 2. The summed E-state index contributed by atoms with van der Waals surface area (Å²) in [6.07, 6.45) is 15.9. The predicted octanol–water partition coefficient (Wildman–Crippen LogP) is 8.52. The van der Waals surface area contributed by atoms with E-state index in [4.69, 9.17) is 49.2 Å². The van der Waals surface area contributed by atoms with Gasteiger partial charge in [-0.25, -0.2) is 18.7 Å². The second kappa shape index (κ2) is 55.7. The molecule has 2 aliphatic carbocycles. The lowest BCUT2D eigenvalue weighted by Gasteiger charge is -2.25. The van der Waals surface area contributed by atoms with Gasteiger partial charge in [0.25, 0.3) is 0 Å². The van der Waals surface area contributed by atoms with Gasteiger partial charge < -0.3 is 80.5 Å². The third-order valence-electron chi connectivity index (χ3n) is 17.8. The fourth-order valence-electron chi connectivity index (χ4n) is 12.4. The molecule has 2 saturated heterocycles. The van der Waals surface area contributed by atoms with E-state index < -0.39 is 77.5 Å². The molecule has 2 aliphatic heterocycles. The van der Waals surface area contributed by atoms with E-state index in [1.807, 2.05) is 97.1 Å². The van der Waals surface area contributed by atoms with Gasteiger partial charge in [0.2, 0.25) is 11.8 Å². The Morgan fingerprint density at radius 3 is 1.10 bits per heavy atom. The lowest BCUT2D eigenvalue weighted by Crippen LogP contribution is -2.38. The van der Waals surface area contributed by atoms with E-state index in [1.54, 1.807) is 6.92 Å². The summed E-state index contributed by atoms with van der Waals surface area (Å²) in [6, 6.07) is 30.2. The largest absolute Gasteiger partial charge is 0.472 e. The van der Waals surface area contributed by atoms with Crippen molar-refractivity contribution in [3.05, 3.63) is 142 Å². The lowest BCUT2D eigenvalue weighted by atomic mass is 9.92. The first-order valence-electron chi connectivity index (χ1n) is 38.1. The molecule has 0 saturated carbocycles. The van der Waals surface area contributed by atoms with Crippen LogP contribution >= 0.6 is 15.6 Å². The molecule has 4 amide bonds. The van der Waals surface area contributed by atoms with Crippen LogP contribution in [0.3, 0.4) is 0 Å². The van der Waals surface area contributed by atoms with E-state index in [1.165, 1.54) is 9.80 Å². The fraction of sp³-hybridized carbons (Fsp3) is 0.556. The van der Waals surface area contributed by atoms with Gasteiger partial charge in [-0.05, 0) is 107 Å². The first-order valence-corrected chi connectivity index (χ1v) is 41.0. The Morgan fingerprint density at radius 1 is 0.450 bits per heavy atom. The average molecular weight is 1590 g/mol. The van der Waals surface area contributed by atoms with E-state index >= 15 is 0 Å². The molecule has 0 aromatic heterocycles. The molecular weight excluding hydrogens is 1470 g/mol. The second-order valence-electron chi connectivity index (χ2n) is 26.6. The zero-order valence-electron chi connectivity index (χ0n) is 63.6. The monoisotopic (exact) mass is 1590 g/mol. The number of nitrogens with one attached hydrogen (secondary N) is 2. The third kappa shape index (κ3) is 39.1. The van der Waals surface area contributed by atoms with Crippen LogP contribution in [0.5, 0.6) is 0 Å². The SMILES string of the molecule is C#CC.O=C(CCCCCCC(=O)N1C[C@H](O)C[C@H]1COP(=O)(O)OCCO)CCCCCNC(=O)OC1Cc2ccccc2C#Cc2ccccc21.O=C(CCCCCCC(=O)N1C[C@H](O)C[C@H]1COP(=O)(O)OCCO)CCCCCNC(=O)OC1Cc2ccccc2C#Cc2ccccc21.OCCO.OCCO. The molecule has 2 heterocycles. The summed E-state index contributed by atoms with van der Waals surface area (Å²) in [5.74, 6) is 15.2. The number of hydrogen-bond acceptors (Lipinski definition) is 22. The van der Waals surface area contributed by atoms with Crippen LogP contribution in [0.2, 0.25) is 0 Å². The number of Topliss-reactive ketones (excluding diaryl/α,β-unsaturated/α-hetero) is 2. The van der Waals surface area contributed by atoms with Crippen molar-refractivity contribution in [1.82, 2.24) is 20.4 Å². The number of carbonyl (C=O) groups is 6. The molecule has 4 aromatic carbocycles. The van der Waals surface area contributed by atoms with Crippen LogP contribution in [-0.4, -0.2) is 213 Å². The standard InChI is InChI=1S/2C37H49N2O10P.C3H4.2C2H6O2/c2*40-22-23-47-50(45,46)48-27-31-25-33(42)26-39(31)36(43)18-6-2-1-4-15-32(41)16-5-3-11-21-38-37(44)49-35-24-30-14-8-7-12-28(30)19-20-29-13-9-10-17-34(29)35;1-3-2;2*3-1-2-4/h2*7-10,12-14,17,31,33,35,40,42H,1-6,11,15-16,18,21-27H2,(H,38,44)(H,45,46);1H,2H3;2*3-4H,1-2H2/t2*31-,33+,35?;;;/m00.../s1. The number of phosphoric ester groups is 2. The fourth-order valence-corrected chi connectivity index (χ4v) is 13.9. The summed E-state index contributed by atoms with van der Waals surface area (Å²) in [5, 5.41) is 73.8. The summed E-state index contributed by atoms with van der Waals surface area (Å²) in [6.45, 7) is 0.271. The van der Waals surface area contributed by atoms with Gasteiger partial charge in [0.1, 0.15) is 23.8 Å². The summed E-state index contributed by atoms with van der Waals surface area (Å²) in [7, 11) is -8.70. The number of benzene rings is 4. The van der Waals surface area contributed by atoms with Gasteiger partial charge in [-0.3, -0.25) is 37.3 Å². The Hall–Kier alpha value is -7.72. The third-order valence-corrected chi connectivity index (χ3v) is 19.8. The number of ketones is 2. The molecule has 28 nitrogen and oxygen atoms in total. The molecule has 111 heavy (non-hydrogen) atoms. The molecule has 612 valence electrons. The molecule has 8 atom stereocenters. The van der Waals surface area contributed by atoms with Gasteiger partial charge in [0.15, 0.2) is 0 Å². The van der Waals surface area contributed by atoms with Crippen molar-refractivity contribution >= 4 is 51.2 Å². The molecule has 4 unspecified atom stereocenters. The van der Waals surface area contributed by atoms with Gasteiger partial charge in [0, 0.05) is 111 Å². The zero-order valence-corrected chi connectivity index (χ0v) is 65.4. The smallest absolute Gasteiger partial charge is 0.441 e. The van der Waals surface area contributed by atoms with Gasteiger partial charge in [-0.15, -0.1) is 12.3 Å². The van der Waals surface area contributed by atoms with Crippen LogP contribution in [0.4, 0.5) is 9.59 Å². The minimum absolute atomic E-state index is 0.125. The highest BCUT2D eigenvalue weighted by Crippen LogP contribution is 2.45. The number of phosphoric acid groups is 2. The van der Waals surface area contributed by atoms with E-state index in [2.05, 4.69) is 55.7 Å². The highest BCUT2D eigenvalue weighted by molar-refractivity contribution is 7.47. The van der Waals surface area contributed by atoms with Crippen LogP contribution in [0.15, 0.2) is 97.1 Å². The number of fused-ring (bicyclic) bond motifs is 4. The number of carbonyl (C=O) groups excluding carboxylic acids is 6. The molecular formula is C81H114N4O24P2. The molecule has 0 spiro atoms. The van der Waals surface area contributed by atoms with Crippen molar-refractivity contribution < 1.29 is 116 Å². The van der Waals surface area contributed by atoms with Crippen molar-refractivity contribution in [1.29, 1.82) is 0 Å². The minimum Gasteiger partial charge on any atom is -0.441 e. The van der Waals surface area contributed by atoms with Crippen LogP contribution in [0.25, 0.3) is 0 Å². The Labute approximate surface area is 652 Å². The lowest BCUT2D eigenvalue weighted by molar-refractivity contribution is -0.133. The number of aliphatic hydroxyl groups is 8. The Morgan fingerprint density at radius 2 is 0.757 bits per heavy atom. The number of alkyl carbamates (subject to hydrolysis) is 2. The number of aliphatic hydroxyl groups excluding tert-OH is 8. The van der Waals surface area contributed by atoms with Gasteiger partial charge in [-0.2, -0.15) is 0 Å². The van der Waals surface area contributed by atoms with Crippen LogP contribution < -0.4 is 10.6 Å². The van der Waals surface area contributed by atoms with E-state index in [0.717, 1.165) is 122 Å². The maximum atomic E-state index is 12.7. The highest BCUT2D eigenvalue weighted by Gasteiger charge is 2.38. The minimum atomic E-state index is -4.35. The van der Waals surface area contributed by atoms with Crippen molar-refractivity contribution in [2.24, 2.45) is 0 Å². The van der Waals surface area contributed by atoms with E-state index in [0.29, 0.717) is 64.5 Å². The predicted molar refractivity (Wildman–Crippen MR) is 415 cm³/mol. The topological polar surface area (TPSA) is 425 Å². The number of terminal acetylenes is 1. The van der Waals surface area contributed by atoms with Crippen molar-refractivity contribution in [2.75, 3.05) is 92.2 Å². The molecule has 4 aromatic rings. The van der Waals surface area contributed by atoms with Crippen molar-refractivity contribution in [2.45, 2.75) is 198 Å². The highest BCUT2D eigenvalue weighted by atomic mass is 31.2. The summed E-state index contributed by atoms with van der Waals surface area (Å²) in [5.41, 5.74) is 7.42. The van der Waals surface area contributed by atoms with Gasteiger partial charge >= 0.3 is 27.8 Å². The first kappa shape index (κ1) is 95.7. The first-order chi connectivity index (χ1) is 53.5. The molecule has 30 heteroatoms. The van der Waals surface area contributed by atoms with E-state index in [9.17, 15) is 57.9 Å². The average Bonchev–Trinajstić information content (AvgIpc) is 1.69. The zero-order chi connectivity index (χ0) is 81.1. The Balaban J connectivity index is 0.000000413. The van der Waals surface area contributed by atoms with Crippen LogP contribution in [-0.2, 0) is 68.7 Å². The molecule has 8 rings (SSSR count).